The third kappa shape index (κ3) is 7.85. The van der Waals surface area contributed by atoms with Crippen molar-refractivity contribution >= 4 is 18.1 Å². The van der Waals surface area contributed by atoms with Crippen molar-refractivity contribution in [1.82, 2.24) is 15.8 Å². The van der Waals surface area contributed by atoms with Gasteiger partial charge >= 0.3 is 0 Å². The molecule has 158 valence electrons. The first-order chi connectivity index (χ1) is 13.8. The van der Waals surface area contributed by atoms with Crippen LogP contribution in [0.3, 0.4) is 0 Å². The zero-order chi connectivity index (χ0) is 21.8. The SMILES string of the molecule is CC(C)CC(NC(=O)c1cc(-c2ccccc2F)on1)C(=O)NCC=O.CCC. The van der Waals surface area contributed by atoms with Crippen molar-refractivity contribution in [1.29, 1.82) is 0 Å². The highest BCUT2D eigenvalue weighted by atomic mass is 19.1. The fourth-order valence-corrected chi connectivity index (χ4v) is 2.37. The monoisotopic (exact) mass is 405 g/mol. The number of rotatable bonds is 8. The van der Waals surface area contributed by atoms with Crippen LogP contribution in [0.15, 0.2) is 34.9 Å². The van der Waals surface area contributed by atoms with Crippen LogP contribution in [0.5, 0.6) is 0 Å². The van der Waals surface area contributed by atoms with Crippen LogP contribution in [0.1, 0.15) is 51.0 Å². The van der Waals surface area contributed by atoms with Gasteiger partial charge in [-0.05, 0) is 24.5 Å². The Kier molecular flexibility index (Phi) is 10.3. The van der Waals surface area contributed by atoms with Gasteiger partial charge in [-0.1, -0.05) is 51.4 Å². The van der Waals surface area contributed by atoms with E-state index in [0.717, 1.165) is 0 Å². The molecule has 1 heterocycles. The molecule has 1 unspecified atom stereocenters. The number of halogens is 1. The Bertz CT molecular complexity index is 805. The smallest absolute Gasteiger partial charge is 0.274 e. The lowest BCUT2D eigenvalue weighted by Crippen LogP contribution is -2.47. The minimum absolute atomic E-state index is 0.0693. The summed E-state index contributed by atoms with van der Waals surface area (Å²) < 4.78 is 18.8. The molecule has 2 rings (SSSR count). The quantitative estimate of drug-likeness (QED) is 0.656. The highest BCUT2D eigenvalue weighted by Gasteiger charge is 2.24. The molecule has 0 saturated carbocycles. The van der Waals surface area contributed by atoms with Gasteiger partial charge in [0, 0.05) is 6.07 Å². The number of benzene rings is 1. The van der Waals surface area contributed by atoms with Gasteiger partial charge in [-0.25, -0.2) is 4.39 Å². The Hall–Kier alpha value is -3.03. The molecule has 0 aliphatic carbocycles. The molecule has 0 radical (unpaired) electrons. The zero-order valence-electron chi connectivity index (χ0n) is 17.2. The average Bonchev–Trinajstić information content (AvgIpc) is 3.16. The van der Waals surface area contributed by atoms with E-state index in [0.29, 0.717) is 12.7 Å². The second kappa shape index (κ2) is 12.4. The number of hydrogen-bond acceptors (Lipinski definition) is 5. The maximum Gasteiger partial charge on any atom is 0.274 e. The Labute approximate surface area is 170 Å². The topological polar surface area (TPSA) is 101 Å². The minimum Gasteiger partial charge on any atom is -0.355 e. The van der Waals surface area contributed by atoms with E-state index in [1.54, 1.807) is 6.07 Å². The fourth-order valence-electron chi connectivity index (χ4n) is 2.37. The molecule has 8 heteroatoms. The van der Waals surface area contributed by atoms with Gasteiger partial charge in [-0.3, -0.25) is 9.59 Å². The zero-order valence-corrected chi connectivity index (χ0v) is 17.2. The normalized spacial score (nSPS) is 11.2. The van der Waals surface area contributed by atoms with E-state index < -0.39 is 23.7 Å². The van der Waals surface area contributed by atoms with Crippen molar-refractivity contribution in [2.75, 3.05) is 6.54 Å². The van der Waals surface area contributed by atoms with Gasteiger partial charge in [0.1, 0.15) is 18.1 Å². The van der Waals surface area contributed by atoms with Gasteiger partial charge in [0.25, 0.3) is 5.91 Å². The maximum atomic E-state index is 13.8. The second-order valence-electron chi connectivity index (χ2n) is 6.83. The number of hydrogen-bond donors (Lipinski definition) is 2. The number of nitrogens with zero attached hydrogens (tertiary/aromatic N) is 1. The first-order valence-electron chi connectivity index (χ1n) is 9.57. The van der Waals surface area contributed by atoms with Crippen LogP contribution >= 0.6 is 0 Å². The van der Waals surface area contributed by atoms with Crippen LogP contribution in [0.25, 0.3) is 11.3 Å². The first-order valence-corrected chi connectivity index (χ1v) is 9.57. The Morgan fingerprint density at radius 2 is 1.90 bits per heavy atom. The average molecular weight is 405 g/mol. The van der Waals surface area contributed by atoms with Crippen LogP contribution in [0, 0.1) is 11.7 Å². The molecule has 1 aromatic heterocycles. The van der Waals surface area contributed by atoms with E-state index in [1.807, 2.05) is 13.8 Å². The lowest BCUT2D eigenvalue weighted by atomic mass is 10.0. The Morgan fingerprint density at radius 1 is 1.24 bits per heavy atom. The lowest BCUT2D eigenvalue weighted by molar-refractivity contribution is -0.124. The van der Waals surface area contributed by atoms with Crippen molar-refractivity contribution in [2.24, 2.45) is 5.92 Å². The van der Waals surface area contributed by atoms with Crippen molar-refractivity contribution < 1.29 is 23.3 Å². The molecule has 29 heavy (non-hydrogen) atoms. The predicted molar refractivity (Wildman–Crippen MR) is 108 cm³/mol. The Morgan fingerprint density at radius 3 is 2.48 bits per heavy atom. The van der Waals surface area contributed by atoms with Gasteiger partial charge in [0.05, 0.1) is 12.1 Å². The highest BCUT2D eigenvalue weighted by Crippen LogP contribution is 2.23. The number of amides is 2. The summed E-state index contributed by atoms with van der Waals surface area (Å²) in [6.07, 6.45) is 2.19. The number of carbonyl (C=O) groups excluding carboxylic acids is 3. The summed E-state index contributed by atoms with van der Waals surface area (Å²) in [6.45, 7) is 7.92. The van der Waals surface area contributed by atoms with Crippen molar-refractivity contribution in [3.8, 4) is 11.3 Å². The molecule has 0 aliphatic heterocycles. The third-order valence-corrected chi connectivity index (χ3v) is 3.57. The molecule has 0 saturated heterocycles. The van der Waals surface area contributed by atoms with E-state index in [-0.39, 0.29) is 29.5 Å². The third-order valence-electron chi connectivity index (χ3n) is 3.57. The van der Waals surface area contributed by atoms with E-state index in [9.17, 15) is 18.8 Å². The van der Waals surface area contributed by atoms with Crippen LogP contribution in [-0.4, -0.2) is 35.8 Å². The van der Waals surface area contributed by atoms with Gasteiger partial charge < -0.3 is 20.0 Å². The van der Waals surface area contributed by atoms with Gasteiger partial charge in [-0.15, -0.1) is 0 Å². The summed E-state index contributed by atoms with van der Waals surface area (Å²) in [5, 5.41) is 8.63. The summed E-state index contributed by atoms with van der Waals surface area (Å²) in [5.41, 5.74) is 0.113. The molecule has 0 fully saturated rings. The molecule has 2 aromatic rings. The molecule has 2 N–H and O–H groups in total. The van der Waals surface area contributed by atoms with Gasteiger partial charge in [0.15, 0.2) is 11.5 Å². The minimum atomic E-state index is -0.823. The lowest BCUT2D eigenvalue weighted by Gasteiger charge is -2.18. The summed E-state index contributed by atoms with van der Waals surface area (Å²) in [7, 11) is 0. The maximum absolute atomic E-state index is 13.8. The molecular formula is C21H28FN3O4. The molecule has 1 atom stereocenters. The fraction of sp³-hybridized carbons (Fsp3) is 0.429. The summed E-state index contributed by atoms with van der Waals surface area (Å²) >= 11 is 0. The van der Waals surface area contributed by atoms with Crippen molar-refractivity contribution in [3.63, 3.8) is 0 Å². The summed E-state index contributed by atoms with van der Waals surface area (Å²) in [5.74, 6) is -1.34. The molecule has 0 spiro atoms. The molecule has 0 bridgehead atoms. The van der Waals surface area contributed by atoms with E-state index >= 15 is 0 Å². The molecule has 1 aromatic carbocycles. The molecule has 7 nitrogen and oxygen atoms in total. The molecular weight excluding hydrogens is 377 g/mol. The van der Waals surface area contributed by atoms with Crippen LogP contribution in [0.4, 0.5) is 4.39 Å². The predicted octanol–water partition coefficient (Wildman–Crippen LogP) is 3.36. The second-order valence-corrected chi connectivity index (χ2v) is 6.83. The van der Waals surface area contributed by atoms with Crippen LogP contribution in [-0.2, 0) is 9.59 Å². The number of carbonyl (C=O) groups is 3. The van der Waals surface area contributed by atoms with Crippen LogP contribution < -0.4 is 10.6 Å². The molecule has 0 aliphatic rings. The van der Waals surface area contributed by atoms with Crippen molar-refractivity contribution in [3.05, 3.63) is 41.8 Å². The van der Waals surface area contributed by atoms with Crippen LogP contribution in [0.2, 0.25) is 0 Å². The van der Waals surface area contributed by atoms with E-state index in [2.05, 4.69) is 29.6 Å². The summed E-state index contributed by atoms with van der Waals surface area (Å²) in [6, 6.07) is 6.44. The number of nitrogens with one attached hydrogen (secondary N) is 2. The summed E-state index contributed by atoms with van der Waals surface area (Å²) in [4.78, 5) is 34.9. The first kappa shape index (κ1) is 24.0. The largest absolute Gasteiger partial charge is 0.355 e. The number of aromatic nitrogens is 1. The highest BCUT2D eigenvalue weighted by molar-refractivity contribution is 5.96. The standard InChI is InChI=1S/C18H20FN3O4.C3H8/c1-11(2)9-14(17(24)20-7-8-23)21-18(25)15-10-16(26-22-15)12-5-3-4-6-13(12)19;1-3-2/h3-6,8,10-11,14H,7,9H2,1-2H3,(H,20,24)(H,21,25);3H2,1-2H3. The Balaban J connectivity index is 0.00000132. The van der Waals surface area contributed by atoms with Gasteiger partial charge in [0.2, 0.25) is 5.91 Å². The van der Waals surface area contributed by atoms with E-state index in [4.69, 9.17) is 4.52 Å². The van der Waals surface area contributed by atoms with Crippen molar-refractivity contribution in [2.45, 2.75) is 46.6 Å². The van der Waals surface area contributed by atoms with E-state index in [1.165, 1.54) is 30.7 Å². The number of aldehydes is 1. The van der Waals surface area contributed by atoms with Gasteiger partial charge in [-0.2, -0.15) is 0 Å². The molecule has 2 amide bonds.